The van der Waals surface area contributed by atoms with Crippen LogP contribution >= 0.6 is 0 Å². The Hall–Kier alpha value is -4.39. The van der Waals surface area contributed by atoms with Gasteiger partial charge in [-0.05, 0) is 59.9 Å². The van der Waals surface area contributed by atoms with E-state index in [4.69, 9.17) is 4.42 Å². The molecule has 1 N–H and O–H groups in total. The van der Waals surface area contributed by atoms with E-state index in [-0.39, 0.29) is 34.7 Å². The molecule has 7 heteroatoms. The minimum absolute atomic E-state index is 0.0161. The molecule has 2 aliphatic heterocycles. The van der Waals surface area contributed by atoms with Crippen molar-refractivity contribution in [1.29, 1.82) is 0 Å². The summed E-state index contributed by atoms with van der Waals surface area (Å²) in [6.07, 6.45) is 2.36. The normalized spacial score (nSPS) is 18.4. The van der Waals surface area contributed by atoms with Crippen LogP contribution in [0.15, 0.2) is 94.3 Å². The number of furan rings is 1. The fourth-order valence-electron chi connectivity index (χ4n) is 5.42. The second kappa shape index (κ2) is 9.00. The number of aromatic nitrogens is 1. The summed E-state index contributed by atoms with van der Waals surface area (Å²) in [5, 5.41) is 2.66. The minimum atomic E-state index is -0.455. The molecule has 36 heavy (non-hydrogen) atoms. The first-order chi connectivity index (χ1) is 17.6. The van der Waals surface area contributed by atoms with Gasteiger partial charge in [0.25, 0.3) is 17.4 Å². The van der Waals surface area contributed by atoms with Gasteiger partial charge in [-0.25, -0.2) is 0 Å². The lowest BCUT2D eigenvalue weighted by Gasteiger charge is -2.43. The topological polar surface area (TPSA) is 84.5 Å². The van der Waals surface area contributed by atoms with Gasteiger partial charge in [-0.15, -0.1) is 0 Å². The van der Waals surface area contributed by atoms with Gasteiger partial charge < -0.3 is 19.2 Å². The number of anilines is 1. The van der Waals surface area contributed by atoms with Crippen LogP contribution in [0.3, 0.4) is 0 Å². The van der Waals surface area contributed by atoms with Crippen LogP contribution in [0, 0.1) is 5.92 Å². The fourth-order valence-corrected chi connectivity index (χ4v) is 5.42. The highest BCUT2D eigenvalue weighted by molar-refractivity contribution is 6.02. The molecule has 0 aliphatic carbocycles. The Balaban J connectivity index is 1.20. The van der Waals surface area contributed by atoms with Crippen molar-refractivity contribution in [1.82, 2.24) is 9.47 Å². The molecule has 4 aromatic rings. The Morgan fingerprint density at radius 2 is 1.61 bits per heavy atom. The third-order valence-corrected chi connectivity index (χ3v) is 7.12. The first-order valence-electron chi connectivity index (χ1n) is 12.1. The SMILES string of the molecule is O=C(Nc1ccc2n(c1=O)CC1CC2CN(C(=O)c2ccc(-c3ccccc3)cc2)C1)c1ccco1. The third-order valence-electron chi connectivity index (χ3n) is 7.12. The zero-order valence-electron chi connectivity index (χ0n) is 19.6. The summed E-state index contributed by atoms with van der Waals surface area (Å²) in [7, 11) is 0. The molecule has 6 rings (SSSR count). The average Bonchev–Trinajstić information content (AvgIpc) is 3.46. The van der Waals surface area contributed by atoms with Crippen molar-refractivity contribution in [2.75, 3.05) is 18.4 Å². The van der Waals surface area contributed by atoms with Crippen molar-refractivity contribution in [2.45, 2.75) is 18.9 Å². The number of rotatable bonds is 4. The summed E-state index contributed by atoms with van der Waals surface area (Å²) < 4.78 is 6.88. The summed E-state index contributed by atoms with van der Waals surface area (Å²) in [6, 6.07) is 24.6. The lowest BCUT2D eigenvalue weighted by atomic mass is 9.83. The Labute approximate surface area is 208 Å². The molecule has 1 saturated heterocycles. The second-order valence-corrected chi connectivity index (χ2v) is 9.47. The van der Waals surface area contributed by atoms with E-state index in [1.54, 1.807) is 22.8 Å². The Bertz CT molecular complexity index is 1470. The highest BCUT2D eigenvalue weighted by Gasteiger charge is 2.37. The molecule has 0 saturated carbocycles. The van der Waals surface area contributed by atoms with Gasteiger partial charge in [0.15, 0.2) is 5.76 Å². The Morgan fingerprint density at radius 3 is 2.36 bits per heavy atom. The Morgan fingerprint density at radius 1 is 0.833 bits per heavy atom. The number of piperidine rings is 1. The Kier molecular flexibility index (Phi) is 5.52. The molecular formula is C29H25N3O4. The van der Waals surface area contributed by atoms with Gasteiger partial charge in [-0.1, -0.05) is 42.5 Å². The lowest BCUT2D eigenvalue weighted by Crippen LogP contribution is -2.49. The van der Waals surface area contributed by atoms with E-state index in [0.29, 0.717) is 25.2 Å². The molecule has 2 aromatic heterocycles. The zero-order valence-corrected chi connectivity index (χ0v) is 19.6. The summed E-state index contributed by atoms with van der Waals surface area (Å²) >= 11 is 0. The van der Waals surface area contributed by atoms with Gasteiger partial charge >= 0.3 is 0 Å². The van der Waals surface area contributed by atoms with Crippen LogP contribution in [0.25, 0.3) is 11.1 Å². The van der Waals surface area contributed by atoms with Gasteiger partial charge in [-0.3, -0.25) is 14.4 Å². The number of amides is 2. The zero-order chi connectivity index (χ0) is 24.6. The first-order valence-corrected chi connectivity index (χ1v) is 12.1. The lowest BCUT2D eigenvalue weighted by molar-refractivity contribution is 0.0594. The third kappa shape index (κ3) is 4.02. The predicted octanol–water partition coefficient (Wildman–Crippen LogP) is 4.62. The molecule has 2 atom stereocenters. The molecule has 0 radical (unpaired) electrons. The number of nitrogens with zero attached hydrogens (tertiary/aromatic N) is 2. The van der Waals surface area contributed by atoms with Crippen LogP contribution in [0.5, 0.6) is 0 Å². The summed E-state index contributed by atoms with van der Waals surface area (Å²) in [5.74, 6) is -0.0313. The molecular weight excluding hydrogens is 454 g/mol. The van der Waals surface area contributed by atoms with Gasteiger partial charge in [0, 0.05) is 36.8 Å². The number of carbonyl (C=O) groups excluding carboxylic acids is 2. The van der Waals surface area contributed by atoms with Crippen LogP contribution in [-0.4, -0.2) is 34.4 Å². The van der Waals surface area contributed by atoms with Crippen molar-refractivity contribution in [3.63, 3.8) is 0 Å². The maximum atomic E-state index is 13.3. The van der Waals surface area contributed by atoms with Gasteiger partial charge in [0.2, 0.25) is 0 Å². The first kappa shape index (κ1) is 22.1. The highest BCUT2D eigenvalue weighted by Crippen LogP contribution is 2.36. The predicted molar refractivity (Wildman–Crippen MR) is 136 cm³/mol. The second-order valence-electron chi connectivity index (χ2n) is 9.47. The number of benzene rings is 2. The van der Waals surface area contributed by atoms with E-state index in [1.165, 1.54) is 6.26 Å². The molecule has 1 fully saturated rings. The van der Waals surface area contributed by atoms with Crippen molar-refractivity contribution in [2.24, 2.45) is 5.92 Å². The molecule has 2 amide bonds. The summed E-state index contributed by atoms with van der Waals surface area (Å²) in [5.41, 5.74) is 3.77. The summed E-state index contributed by atoms with van der Waals surface area (Å²) in [4.78, 5) is 40.8. The van der Waals surface area contributed by atoms with Crippen LogP contribution in [0.1, 0.15) is 38.9 Å². The summed E-state index contributed by atoms with van der Waals surface area (Å²) in [6.45, 7) is 1.68. The van der Waals surface area contributed by atoms with Gasteiger partial charge in [-0.2, -0.15) is 0 Å². The van der Waals surface area contributed by atoms with E-state index >= 15 is 0 Å². The molecule has 2 bridgehead atoms. The molecule has 2 aromatic carbocycles. The van der Waals surface area contributed by atoms with Crippen molar-refractivity contribution in [3.8, 4) is 11.1 Å². The van der Waals surface area contributed by atoms with Crippen LogP contribution in [-0.2, 0) is 6.54 Å². The van der Waals surface area contributed by atoms with Crippen molar-refractivity contribution >= 4 is 17.5 Å². The van der Waals surface area contributed by atoms with E-state index in [0.717, 1.165) is 23.2 Å². The molecule has 0 spiro atoms. The number of nitrogens with one attached hydrogen (secondary N) is 1. The van der Waals surface area contributed by atoms with E-state index < -0.39 is 5.91 Å². The molecule has 2 unspecified atom stereocenters. The number of hydrogen-bond donors (Lipinski definition) is 1. The maximum Gasteiger partial charge on any atom is 0.291 e. The van der Waals surface area contributed by atoms with Crippen LogP contribution in [0.4, 0.5) is 5.69 Å². The molecule has 7 nitrogen and oxygen atoms in total. The maximum absolute atomic E-state index is 13.3. The van der Waals surface area contributed by atoms with E-state index in [1.807, 2.05) is 53.4 Å². The smallest absolute Gasteiger partial charge is 0.291 e. The van der Waals surface area contributed by atoms with E-state index in [9.17, 15) is 14.4 Å². The quantitative estimate of drug-likeness (QED) is 0.463. The van der Waals surface area contributed by atoms with Crippen LogP contribution < -0.4 is 10.9 Å². The van der Waals surface area contributed by atoms with Crippen molar-refractivity contribution < 1.29 is 14.0 Å². The highest BCUT2D eigenvalue weighted by atomic mass is 16.3. The molecule has 180 valence electrons. The van der Waals surface area contributed by atoms with Gasteiger partial charge in [0.05, 0.1) is 6.26 Å². The van der Waals surface area contributed by atoms with E-state index in [2.05, 4.69) is 17.4 Å². The van der Waals surface area contributed by atoms with Crippen molar-refractivity contribution in [3.05, 3.63) is 112 Å². The number of fused-ring (bicyclic) bond motifs is 4. The average molecular weight is 480 g/mol. The number of likely N-dealkylation sites (tertiary alicyclic amines) is 1. The molecule has 2 aliphatic rings. The molecule has 4 heterocycles. The standard InChI is InChI=1S/C29H25N3O4/c33-27(26-7-4-14-36-26)30-24-12-13-25-23-15-19(17-32(25)29(24)35)16-31(18-23)28(34)22-10-8-21(9-11-22)20-5-2-1-3-6-20/h1-14,19,23H,15-18H2,(H,30,33). The number of carbonyl (C=O) groups is 2. The fraction of sp³-hybridized carbons (Fsp3) is 0.207. The van der Waals surface area contributed by atoms with Crippen LogP contribution in [0.2, 0.25) is 0 Å². The largest absolute Gasteiger partial charge is 0.459 e. The van der Waals surface area contributed by atoms with Gasteiger partial charge in [0.1, 0.15) is 5.69 Å². The number of hydrogen-bond acceptors (Lipinski definition) is 4. The number of pyridine rings is 1. The monoisotopic (exact) mass is 479 g/mol. The minimum Gasteiger partial charge on any atom is -0.459 e.